The molecule has 140 valence electrons. The second kappa shape index (κ2) is 8.09. The summed E-state index contributed by atoms with van der Waals surface area (Å²) in [5.41, 5.74) is 1.18. The summed E-state index contributed by atoms with van der Waals surface area (Å²) < 4.78 is 18.0. The summed E-state index contributed by atoms with van der Waals surface area (Å²) >= 11 is 9.49. The van der Waals surface area contributed by atoms with Crippen LogP contribution in [0.15, 0.2) is 86.7 Å². The summed E-state index contributed by atoms with van der Waals surface area (Å²) in [4.78, 5) is 12.7. The quantitative estimate of drug-likeness (QED) is 0.340. The lowest BCUT2D eigenvalue weighted by Crippen LogP contribution is -2.05. The fourth-order valence-electron chi connectivity index (χ4n) is 2.64. The SMILES string of the molecule is O=c1c(Oc2ccccc2Cl)coc2cc(OCc3ccc(Br)cc3)ccc12. The van der Waals surface area contributed by atoms with Crippen molar-refractivity contribution in [2.24, 2.45) is 0 Å². The van der Waals surface area contributed by atoms with E-state index in [2.05, 4.69) is 15.9 Å². The van der Waals surface area contributed by atoms with Crippen LogP contribution in [-0.2, 0) is 6.61 Å². The van der Waals surface area contributed by atoms with E-state index >= 15 is 0 Å². The average Bonchev–Trinajstić information content (AvgIpc) is 2.71. The summed E-state index contributed by atoms with van der Waals surface area (Å²) in [6, 6.07) is 19.9. The van der Waals surface area contributed by atoms with E-state index in [0.717, 1.165) is 10.0 Å². The predicted octanol–water partition coefficient (Wildman–Crippen LogP) is 6.58. The van der Waals surface area contributed by atoms with Gasteiger partial charge in [0.25, 0.3) is 0 Å². The van der Waals surface area contributed by atoms with Gasteiger partial charge >= 0.3 is 0 Å². The van der Waals surface area contributed by atoms with Gasteiger partial charge in [0.15, 0.2) is 0 Å². The van der Waals surface area contributed by atoms with Crippen LogP contribution in [0.4, 0.5) is 0 Å². The van der Waals surface area contributed by atoms with Gasteiger partial charge in [0, 0.05) is 10.5 Å². The molecular weight excluding hydrogens is 444 g/mol. The van der Waals surface area contributed by atoms with E-state index in [-0.39, 0.29) is 11.2 Å². The van der Waals surface area contributed by atoms with Crippen LogP contribution >= 0.6 is 27.5 Å². The Balaban J connectivity index is 1.56. The highest BCUT2D eigenvalue weighted by Crippen LogP contribution is 2.29. The van der Waals surface area contributed by atoms with E-state index in [9.17, 15) is 4.79 Å². The van der Waals surface area contributed by atoms with Gasteiger partial charge in [-0.2, -0.15) is 0 Å². The van der Waals surface area contributed by atoms with Crippen LogP contribution in [0.2, 0.25) is 5.02 Å². The number of rotatable bonds is 5. The molecule has 1 aromatic heterocycles. The lowest BCUT2D eigenvalue weighted by atomic mass is 10.2. The summed E-state index contributed by atoms with van der Waals surface area (Å²) in [7, 11) is 0. The van der Waals surface area contributed by atoms with Crippen molar-refractivity contribution in [3.8, 4) is 17.2 Å². The molecule has 4 nitrogen and oxygen atoms in total. The first-order valence-electron chi connectivity index (χ1n) is 8.45. The number of hydrogen-bond donors (Lipinski definition) is 0. The number of ether oxygens (including phenoxy) is 2. The molecule has 0 amide bonds. The Morgan fingerprint density at radius 3 is 2.54 bits per heavy atom. The van der Waals surface area contributed by atoms with Gasteiger partial charge in [-0.05, 0) is 42.0 Å². The molecule has 0 N–H and O–H groups in total. The monoisotopic (exact) mass is 456 g/mol. The third kappa shape index (κ3) is 4.06. The van der Waals surface area contributed by atoms with Crippen molar-refractivity contribution < 1.29 is 13.9 Å². The number of hydrogen-bond acceptors (Lipinski definition) is 4. The Labute approximate surface area is 174 Å². The van der Waals surface area contributed by atoms with Crippen LogP contribution in [0, 0.1) is 0 Å². The predicted molar refractivity (Wildman–Crippen MR) is 112 cm³/mol. The van der Waals surface area contributed by atoms with Gasteiger partial charge in [0.05, 0.1) is 10.4 Å². The zero-order valence-corrected chi connectivity index (χ0v) is 16.9. The largest absolute Gasteiger partial charge is 0.489 e. The van der Waals surface area contributed by atoms with E-state index in [1.54, 1.807) is 42.5 Å². The molecule has 0 aliphatic heterocycles. The van der Waals surface area contributed by atoms with Crippen LogP contribution in [0.1, 0.15) is 5.56 Å². The lowest BCUT2D eigenvalue weighted by Gasteiger charge is -2.09. The molecule has 0 spiro atoms. The maximum absolute atomic E-state index is 12.7. The summed E-state index contributed by atoms with van der Waals surface area (Å²) in [6.45, 7) is 0.413. The molecule has 0 unspecified atom stereocenters. The highest BCUT2D eigenvalue weighted by atomic mass is 79.9. The number of fused-ring (bicyclic) bond motifs is 1. The molecule has 0 fully saturated rings. The van der Waals surface area contributed by atoms with E-state index < -0.39 is 0 Å². The summed E-state index contributed by atoms with van der Waals surface area (Å²) in [5, 5.41) is 0.819. The molecule has 0 saturated heterocycles. The third-order valence-electron chi connectivity index (χ3n) is 4.09. The number of para-hydroxylation sites is 1. The number of halogens is 2. The normalized spacial score (nSPS) is 10.8. The van der Waals surface area contributed by atoms with Gasteiger partial charge in [-0.1, -0.05) is 51.8 Å². The molecule has 0 atom stereocenters. The third-order valence-corrected chi connectivity index (χ3v) is 4.93. The van der Waals surface area contributed by atoms with Gasteiger partial charge < -0.3 is 13.9 Å². The second-order valence-corrected chi connectivity index (χ2v) is 7.36. The average molecular weight is 458 g/mol. The second-order valence-electron chi connectivity index (χ2n) is 6.03. The van der Waals surface area contributed by atoms with Crippen molar-refractivity contribution in [2.45, 2.75) is 6.61 Å². The van der Waals surface area contributed by atoms with Crippen molar-refractivity contribution in [3.05, 3.63) is 98.3 Å². The minimum Gasteiger partial charge on any atom is -0.489 e. The Morgan fingerprint density at radius 1 is 0.964 bits per heavy atom. The fraction of sp³-hybridized carbons (Fsp3) is 0.0455. The van der Waals surface area contributed by atoms with E-state index in [4.69, 9.17) is 25.5 Å². The van der Waals surface area contributed by atoms with Crippen molar-refractivity contribution in [1.29, 1.82) is 0 Å². The standard InChI is InChI=1S/C22H14BrClO4/c23-15-7-5-14(6-8-15)12-26-16-9-10-17-20(11-16)27-13-21(22(17)25)28-19-4-2-1-3-18(19)24/h1-11,13H,12H2. The van der Waals surface area contributed by atoms with Gasteiger partial charge in [-0.3, -0.25) is 4.79 Å². The Kier molecular flexibility index (Phi) is 5.37. The Bertz CT molecular complexity index is 1190. The van der Waals surface area contributed by atoms with Crippen LogP contribution in [0.5, 0.6) is 17.2 Å². The minimum atomic E-state index is -0.277. The smallest absolute Gasteiger partial charge is 0.235 e. The molecule has 0 aliphatic carbocycles. The molecule has 0 radical (unpaired) electrons. The zero-order chi connectivity index (χ0) is 19.5. The van der Waals surface area contributed by atoms with Gasteiger partial charge in [0.1, 0.15) is 30.0 Å². The molecule has 1 heterocycles. The van der Waals surface area contributed by atoms with E-state index in [0.29, 0.717) is 34.1 Å². The maximum Gasteiger partial charge on any atom is 0.235 e. The topological polar surface area (TPSA) is 48.7 Å². The molecule has 4 aromatic rings. The highest BCUT2D eigenvalue weighted by molar-refractivity contribution is 9.10. The molecule has 6 heteroatoms. The Hall–Kier alpha value is -2.76. The van der Waals surface area contributed by atoms with Crippen molar-refractivity contribution in [3.63, 3.8) is 0 Å². The molecule has 3 aromatic carbocycles. The molecule has 28 heavy (non-hydrogen) atoms. The number of benzene rings is 3. The highest BCUT2D eigenvalue weighted by Gasteiger charge is 2.11. The molecular formula is C22H14BrClO4. The summed E-state index contributed by atoms with van der Waals surface area (Å²) in [6.07, 6.45) is 1.28. The molecule has 0 bridgehead atoms. The van der Waals surface area contributed by atoms with E-state index in [1.807, 2.05) is 24.3 Å². The first-order valence-corrected chi connectivity index (χ1v) is 9.62. The van der Waals surface area contributed by atoms with Gasteiger partial charge in [-0.25, -0.2) is 0 Å². The van der Waals surface area contributed by atoms with Crippen LogP contribution < -0.4 is 14.9 Å². The van der Waals surface area contributed by atoms with Gasteiger partial charge in [-0.15, -0.1) is 0 Å². The fourth-order valence-corrected chi connectivity index (χ4v) is 3.08. The molecule has 0 aliphatic rings. The molecule has 0 saturated carbocycles. The lowest BCUT2D eigenvalue weighted by molar-refractivity contribution is 0.306. The van der Waals surface area contributed by atoms with Gasteiger partial charge in [0.2, 0.25) is 11.2 Å². The Morgan fingerprint density at radius 2 is 1.75 bits per heavy atom. The van der Waals surface area contributed by atoms with Crippen LogP contribution in [0.25, 0.3) is 11.0 Å². The zero-order valence-electron chi connectivity index (χ0n) is 14.5. The first-order chi connectivity index (χ1) is 13.6. The van der Waals surface area contributed by atoms with Crippen LogP contribution in [-0.4, -0.2) is 0 Å². The minimum absolute atomic E-state index is 0.0733. The summed E-state index contributed by atoms with van der Waals surface area (Å²) in [5.74, 6) is 1.08. The first kappa shape index (κ1) is 18.6. The molecule has 4 rings (SSSR count). The van der Waals surface area contributed by atoms with Crippen molar-refractivity contribution in [2.75, 3.05) is 0 Å². The van der Waals surface area contributed by atoms with Crippen molar-refractivity contribution >= 4 is 38.5 Å². The van der Waals surface area contributed by atoms with E-state index in [1.165, 1.54) is 6.26 Å². The maximum atomic E-state index is 12.7. The van der Waals surface area contributed by atoms with Crippen LogP contribution in [0.3, 0.4) is 0 Å². The van der Waals surface area contributed by atoms with Crippen molar-refractivity contribution in [1.82, 2.24) is 0 Å².